The molecule has 1 N–H and O–H groups in total. The first-order valence-corrected chi connectivity index (χ1v) is 11.2. The van der Waals surface area contributed by atoms with Crippen LogP contribution in [0.5, 0.6) is 0 Å². The summed E-state index contributed by atoms with van der Waals surface area (Å²) in [5, 5.41) is 8.76. The molecule has 3 aromatic heterocycles. The number of amides is 1. The second-order valence-corrected chi connectivity index (χ2v) is 8.60. The topological polar surface area (TPSA) is 85.4 Å². The van der Waals surface area contributed by atoms with E-state index in [-0.39, 0.29) is 11.9 Å². The van der Waals surface area contributed by atoms with Crippen molar-refractivity contribution in [3.8, 4) is 11.5 Å². The Balaban J connectivity index is 1.57. The molecule has 4 heterocycles. The lowest BCUT2D eigenvalue weighted by Gasteiger charge is -2.30. The zero-order chi connectivity index (χ0) is 22.9. The quantitative estimate of drug-likeness (QED) is 0.445. The van der Waals surface area contributed by atoms with E-state index in [4.69, 9.17) is 25.7 Å². The Kier molecular flexibility index (Phi) is 5.78. The second-order valence-electron chi connectivity index (χ2n) is 8.17. The first-order valence-electron chi connectivity index (χ1n) is 10.9. The van der Waals surface area contributed by atoms with Crippen LogP contribution in [0.2, 0.25) is 5.02 Å². The van der Waals surface area contributed by atoms with Gasteiger partial charge in [-0.05, 0) is 50.2 Å². The normalized spacial score (nSPS) is 14.2. The standard InChI is InChI=1S/C24H24ClN5O3/c1-15(2)30-23-18(14-26-30)17(13-20(27-23)22-4-3-9-33-22)24(31)28-19-12-16(25)5-6-21(19)29-7-10-32-11-8-29/h3-6,9,12-15H,7-8,10-11H2,1-2H3,(H,28,31). The fourth-order valence-corrected chi connectivity index (χ4v) is 4.18. The summed E-state index contributed by atoms with van der Waals surface area (Å²) in [6.45, 7) is 6.81. The third kappa shape index (κ3) is 4.19. The number of rotatable bonds is 5. The van der Waals surface area contributed by atoms with Gasteiger partial charge in [0.1, 0.15) is 5.69 Å². The molecule has 0 atom stereocenters. The first-order chi connectivity index (χ1) is 16.0. The molecule has 1 aliphatic rings. The highest BCUT2D eigenvalue weighted by atomic mass is 35.5. The van der Waals surface area contributed by atoms with Crippen LogP contribution in [0, 0.1) is 0 Å². The van der Waals surface area contributed by atoms with Crippen molar-refractivity contribution in [3.63, 3.8) is 0 Å². The van der Waals surface area contributed by atoms with Crippen molar-refractivity contribution >= 4 is 39.9 Å². The number of hydrogen-bond acceptors (Lipinski definition) is 6. The summed E-state index contributed by atoms with van der Waals surface area (Å²) in [7, 11) is 0. The molecule has 4 aromatic rings. The van der Waals surface area contributed by atoms with Crippen LogP contribution in [0.1, 0.15) is 30.2 Å². The second kappa shape index (κ2) is 8.88. The summed E-state index contributed by atoms with van der Waals surface area (Å²) in [4.78, 5) is 20.5. The number of anilines is 2. The lowest BCUT2D eigenvalue weighted by Crippen LogP contribution is -2.36. The molecule has 1 amide bonds. The Labute approximate surface area is 196 Å². The number of furan rings is 1. The predicted molar refractivity (Wildman–Crippen MR) is 128 cm³/mol. The van der Waals surface area contributed by atoms with Gasteiger partial charge in [-0.25, -0.2) is 9.67 Å². The molecule has 8 nitrogen and oxygen atoms in total. The van der Waals surface area contributed by atoms with Gasteiger partial charge in [-0.2, -0.15) is 5.10 Å². The van der Waals surface area contributed by atoms with Crippen molar-refractivity contribution in [2.24, 2.45) is 0 Å². The SMILES string of the molecule is CC(C)n1ncc2c(C(=O)Nc3cc(Cl)ccc3N3CCOCC3)cc(-c3ccco3)nc21. The number of hydrogen-bond donors (Lipinski definition) is 1. The molecule has 1 aromatic carbocycles. The molecule has 0 saturated carbocycles. The van der Waals surface area contributed by atoms with Crippen LogP contribution in [0.3, 0.4) is 0 Å². The molecule has 0 spiro atoms. The summed E-state index contributed by atoms with van der Waals surface area (Å²) >= 11 is 6.28. The summed E-state index contributed by atoms with van der Waals surface area (Å²) < 4.78 is 12.8. The Bertz CT molecular complexity index is 1290. The van der Waals surface area contributed by atoms with Crippen molar-refractivity contribution in [1.29, 1.82) is 0 Å². The number of morpholine rings is 1. The summed E-state index contributed by atoms with van der Waals surface area (Å²) in [6, 6.07) is 11.0. The highest BCUT2D eigenvalue weighted by molar-refractivity contribution is 6.31. The van der Waals surface area contributed by atoms with E-state index in [2.05, 4.69) is 15.3 Å². The Morgan fingerprint density at radius 3 is 2.73 bits per heavy atom. The van der Waals surface area contributed by atoms with Gasteiger partial charge in [0, 0.05) is 24.2 Å². The molecule has 1 saturated heterocycles. The number of pyridine rings is 1. The molecular formula is C24H24ClN5O3. The van der Waals surface area contributed by atoms with E-state index in [1.165, 1.54) is 0 Å². The number of carbonyl (C=O) groups is 1. The van der Waals surface area contributed by atoms with Gasteiger partial charge in [-0.1, -0.05) is 11.6 Å². The molecule has 0 bridgehead atoms. The number of halogens is 1. The first kappa shape index (κ1) is 21.5. The van der Waals surface area contributed by atoms with Crippen LogP contribution in [0.15, 0.2) is 53.3 Å². The minimum atomic E-state index is -0.268. The Morgan fingerprint density at radius 1 is 1.18 bits per heavy atom. The van der Waals surface area contributed by atoms with Gasteiger partial charge in [-0.3, -0.25) is 4.79 Å². The van der Waals surface area contributed by atoms with E-state index in [9.17, 15) is 4.79 Å². The molecule has 0 unspecified atom stereocenters. The predicted octanol–water partition coefficient (Wildman–Crippen LogP) is 5.01. The largest absolute Gasteiger partial charge is 0.463 e. The minimum absolute atomic E-state index is 0.0821. The number of nitrogens with one attached hydrogen (secondary N) is 1. The van der Waals surface area contributed by atoms with Crippen LogP contribution in [-0.4, -0.2) is 47.0 Å². The van der Waals surface area contributed by atoms with Gasteiger partial charge >= 0.3 is 0 Å². The van der Waals surface area contributed by atoms with E-state index in [1.54, 1.807) is 35.3 Å². The number of aromatic nitrogens is 3. The van der Waals surface area contributed by atoms with Gasteiger partial charge < -0.3 is 19.4 Å². The summed E-state index contributed by atoms with van der Waals surface area (Å²) in [5.41, 5.74) is 3.22. The van der Waals surface area contributed by atoms with Crippen molar-refractivity contribution in [2.45, 2.75) is 19.9 Å². The van der Waals surface area contributed by atoms with Gasteiger partial charge in [-0.15, -0.1) is 0 Å². The number of nitrogens with zero attached hydrogens (tertiary/aromatic N) is 4. The molecule has 5 rings (SSSR count). The zero-order valence-electron chi connectivity index (χ0n) is 18.4. The molecule has 170 valence electrons. The van der Waals surface area contributed by atoms with E-state index in [1.807, 2.05) is 32.0 Å². The number of carbonyl (C=O) groups excluding carboxylic acids is 1. The Hall–Kier alpha value is -3.36. The van der Waals surface area contributed by atoms with Crippen LogP contribution < -0.4 is 10.2 Å². The minimum Gasteiger partial charge on any atom is -0.463 e. The lowest BCUT2D eigenvalue weighted by atomic mass is 10.1. The average Bonchev–Trinajstić information content (AvgIpc) is 3.49. The highest BCUT2D eigenvalue weighted by Crippen LogP contribution is 2.32. The maximum absolute atomic E-state index is 13.6. The molecule has 1 aliphatic heterocycles. The maximum Gasteiger partial charge on any atom is 0.256 e. The molecule has 9 heteroatoms. The fraction of sp³-hybridized carbons (Fsp3) is 0.292. The zero-order valence-corrected chi connectivity index (χ0v) is 19.2. The third-order valence-electron chi connectivity index (χ3n) is 5.63. The monoisotopic (exact) mass is 465 g/mol. The number of fused-ring (bicyclic) bond motifs is 1. The number of benzene rings is 1. The maximum atomic E-state index is 13.6. The molecule has 1 fully saturated rings. The van der Waals surface area contributed by atoms with Crippen molar-refractivity contribution < 1.29 is 13.9 Å². The van der Waals surface area contributed by atoms with Crippen LogP contribution >= 0.6 is 11.6 Å². The molecule has 33 heavy (non-hydrogen) atoms. The Morgan fingerprint density at radius 2 is 2.00 bits per heavy atom. The summed E-state index contributed by atoms with van der Waals surface area (Å²) in [6.07, 6.45) is 3.27. The molecular weight excluding hydrogens is 442 g/mol. The fourth-order valence-electron chi connectivity index (χ4n) is 4.01. The highest BCUT2D eigenvalue weighted by Gasteiger charge is 2.22. The summed E-state index contributed by atoms with van der Waals surface area (Å²) in [5.74, 6) is 0.314. The average molecular weight is 466 g/mol. The number of ether oxygens (including phenoxy) is 1. The van der Waals surface area contributed by atoms with Crippen molar-refractivity contribution in [2.75, 3.05) is 36.5 Å². The third-order valence-corrected chi connectivity index (χ3v) is 5.87. The molecule has 0 radical (unpaired) electrons. The molecule has 0 aliphatic carbocycles. The van der Waals surface area contributed by atoms with E-state index in [0.29, 0.717) is 52.0 Å². The van der Waals surface area contributed by atoms with E-state index >= 15 is 0 Å². The van der Waals surface area contributed by atoms with Gasteiger partial charge in [0.25, 0.3) is 5.91 Å². The van der Waals surface area contributed by atoms with Crippen LogP contribution in [-0.2, 0) is 4.74 Å². The van der Waals surface area contributed by atoms with Crippen LogP contribution in [0.25, 0.3) is 22.5 Å². The lowest BCUT2D eigenvalue weighted by molar-refractivity contribution is 0.102. The van der Waals surface area contributed by atoms with Gasteiger partial charge in [0.2, 0.25) is 0 Å². The smallest absolute Gasteiger partial charge is 0.256 e. The van der Waals surface area contributed by atoms with Crippen molar-refractivity contribution in [1.82, 2.24) is 14.8 Å². The van der Waals surface area contributed by atoms with Gasteiger partial charge in [0.05, 0.1) is 48.0 Å². The van der Waals surface area contributed by atoms with Crippen molar-refractivity contribution in [3.05, 3.63) is 59.4 Å². The van der Waals surface area contributed by atoms with Gasteiger partial charge in [0.15, 0.2) is 11.4 Å². The van der Waals surface area contributed by atoms with E-state index in [0.717, 1.165) is 18.8 Å². The van der Waals surface area contributed by atoms with Crippen LogP contribution in [0.4, 0.5) is 11.4 Å². The van der Waals surface area contributed by atoms with E-state index < -0.39 is 0 Å².